The zero-order chi connectivity index (χ0) is 19.9. The molecule has 0 aliphatic rings. The van der Waals surface area contributed by atoms with Crippen LogP contribution in [0.3, 0.4) is 0 Å². The van der Waals surface area contributed by atoms with Crippen LogP contribution in [0.1, 0.15) is 11.1 Å². The van der Waals surface area contributed by atoms with E-state index in [1.807, 2.05) is 66.7 Å². The third-order valence-electron chi connectivity index (χ3n) is 4.34. The molecule has 142 valence electrons. The minimum atomic E-state index is -0.176. The topological polar surface area (TPSA) is 70.2 Å². The van der Waals surface area contributed by atoms with Crippen LogP contribution >= 0.6 is 12.2 Å². The van der Waals surface area contributed by atoms with E-state index in [4.69, 9.17) is 12.2 Å². The summed E-state index contributed by atoms with van der Waals surface area (Å²) in [6.07, 6.45) is 0.567. The van der Waals surface area contributed by atoms with Crippen LogP contribution in [0.15, 0.2) is 66.7 Å². The minimum Gasteiger partial charge on any atom is -0.359 e. The van der Waals surface area contributed by atoms with Crippen LogP contribution in [-0.2, 0) is 22.4 Å². The van der Waals surface area contributed by atoms with Gasteiger partial charge in [-0.3, -0.25) is 9.59 Å². The van der Waals surface area contributed by atoms with Gasteiger partial charge >= 0.3 is 0 Å². The number of thiocarbonyl (C=S) groups is 1. The molecule has 0 radical (unpaired) electrons. The van der Waals surface area contributed by atoms with Crippen molar-refractivity contribution in [2.75, 3.05) is 12.4 Å². The molecule has 3 N–H and O–H groups in total. The number of fused-ring (bicyclic) bond motifs is 1. The molecular weight excluding hydrogens is 370 g/mol. The summed E-state index contributed by atoms with van der Waals surface area (Å²) in [6, 6.07) is 21.2. The van der Waals surface area contributed by atoms with Crippen molar-refractivity contribution in [2.45, 2.75) is 12.8 Å². The fraction of sp³-hybridized carbons (Fsp3) is 0.136. The molecule has 3 rings (SSSR count). The van der Waals surface area contributed by atoms with Crippen molar-refractivity contribution in [3.63, 3.8) is 0 Å². The van der Waals surface area contributed by atoms with E-state index in [0.717, 1.165) is 27.6 Å². The molecule has 6 heteroatoms. The maximum absolute atomic E-state index is 12.4. The molecule has 0 saturated heterocycles. The molecule has 0 bridgehead atoms. The number of anilines is 1. The number of hydrogen-bond donors (Lipinski definition) is 3. The Balaban J connectivity index is 1.57. The van der Waals surface area contributed by atoms with Crippen LogP contribution in [-0.4, -0.2) is 24.0 Å². The van der Waals surface area contributed by atoms with E-state index in [1.54, 1.807) is 7.05 Å². The molecule has 3 aromatic carbocycles. The molecule has 28 heavy (non-hydrogen) atoms. The number of likely N-dealkylation sites (N-methyl/N-ethyl adjacent to an activating group) is 1. The van der Waals surface area contributed by atoms with Gasteiger partial charge in [-0.15, -0.1) is 0 Å². The van der Waals surface area contributed by atoms with Crippen LogP contribution in [0.25, 0.3) is 10.8 Å². The van der Waals surface area contributed by atoms with E-state index in [2.05, 4.69) is 16.0 Å². The van der Waals surface area contributed by atoms with Crippen molar-refractivity contribution < 1.29 is 9.59 Å². The summed E-state index contributed by atoms with van der Waals surface area (Å²) in [6.45, 7) is 0. The highest BCUT2D eigenvalue weighted by molar-refractivity contribution is 7.80. The molecule has 0 spiro atoms. The third kappa shape index (κ3) is 5.14. The van der Waals surface area contributed by atoms with Gasteiger partial charge in [0.15, 0.2) is 5.11 Å². The number of benzene rings is 3. The van der Waals surface area contributed by atoms with Crippen LogP contribution in [0.4, 0.5) is 5.69 Å². The lowest BCUT2D eigenvalue weighted by molar-refractivity contribution is -0.120. The summed E-state index contributed by atoms with van der Waals surface area (Å²) in [5.74, 6) is -0.220. The van der Waals surface area contributed by atoms with Crippen molar-refractivity contribution in [2.24, 2.45) is 0 Å². The third-order valence-corrected chi connectivity index (χ3v) is 4.54. The molecule has 0 heterocycles. The maximum Gasteiger partial charge on any atom is 0.230 e. The first-order valence-electron chi connectivity index (χ1n) is 8.92. The first-order valence-corrected chi connectivity index (χ1v) is 9.33. The Bertz CT molecular complexity index is 1010. The molecule has 0 saturated carbocycles. The van der Waals surface area contributed by atoms with E-state index in [-0.39, 0.29) is 23.3 Å². The summed E-state index contributed by atoms with van der Waals surface area (Å²) in [7, 11) is 1.61. The highest BCUT2D eigenvalue weighted by Crippen LogP contribution is 2.18. The van der Waals surface area contributed by atoms with E-state index in [1.165, 1.54) is 0 Å². The van der Waals surface area contributed by atoms with E-state index in [0.29, 0.717) is 6.42 Å². The van der Waals surface area contributed by atoms with E-state index < -0.39 is 0 Å². The van der Waals surface area contributed by atoms with Gasteiger partial charge < -0.3 is 16.0 Å². The van der Waals surface area contributed by atoms with Crippen LogP contribution in [0.5, 0.6) is 0 Å². The number of nitrogens with one attached hydrogen (secondary N) is 3. The molecule has 2 amide bonds. The molecule has 0 aliphatic carbocycles. The van der Waals surface area contributed by atoms with Gasteiger partial charge in [0.05, 0.1) is 12.8 Å². The van der Waals surface area contributed by atoms with Gasteiger partial charge in [-0.25, -0.2) is 0 Å². The fourth-order valence-corrected chi connectivity index (χ4v) is 3.16. The molecule has 0 fully saturated rings. The Morgan fingerprint density at radius 2 is 1.57 bits per heavy atom. The highest BCUT2D eigenvalue weighted by atomic mass is 32.1. The Labute approximate surface area is 169 Å². The SMILES string of the molecule is CNC(=O)Cc1ccc(NC(=S)NC(=O)Cc2cccc3ccccc23)cc1. The predicted octanol–water partition coefficient (Wildman–Crippen LogP) is 3.18. The number of rotatable bonds is 5. The van der Waals surface area contributed by atoms with Gasteiger partial charge in [0.1, 0.15) is 0 Å². The monoisotopic (exact) mass is 391 g/mol. The molecule has 0 atom stereocenters. The van der Waals surface area contributed by atoms with E-state index >= 15 is 0 Å². The molecule has 3 aromatic rings. The molecule has 5 nitrogen and oxygen atoms in total. The minimum absolute atomic E-state index is 0.0445. The number of carbonyl (C=O) groups excluding carboxylic acids is 2. The quantitative estimate of drug-likeness (QED) is 0.584. The largest absolute Gasteiger partial charge is 0.359 e. The molecule has 0 aliphatic heterocycles. The first kappa shape index (κ1) is 19.5. The average molecular weight is 391 g/mol. The van der Waals surface area contributed by atoms with E-state index in [9.17, 15) is 9.59 Å². The number of hydrogen-bond acceptors (Lipinski definition) is 3. The zero-order valence-electron chi connectivity index (χ0n) is 15.5. The molecule has 0 aromatic heterocycles. The second-order valence-electron chi connectivity index (χ2n) is 6.36. The highest BCUT2D eigenvalue weighted by Gasteiger charge is 2.09. The van der Waals surface area contributed by atoms with Gasteiger partial charge in [-0.2, -0.15) is 0 Å². The maximum atomic E-state index is 12.4. The van der Waals surface area contributed by atoms with Gasteiger partial charge in [-0.1, -0.05) is 54.6 Å². The fourth-order valence-electron chi connectivity index (χ4n) is 2.93. The average Bonchev–Trinajstić information content (AvgIpc) is 2.69. The lowest BCUT2D eigenvalue weighted by atomic mass is 10.0. The Kier molecular flexibility index (Phi) is 6.34. The Morgan fingerprint density at radius 3 is 2.32 bits per heavy atom. The lowest BCUT2D eigenvalue weighted by Gasteiger charge is -2.11. The van der Waals surface area contributed by atoms with Gasteiger partial charge in [0.2, 0.25) is 11.8 Å². The lowest BCUT2D eigenvalue weighted by Crippen LogP contribution is -2.35. The van der Waals surface area contributed by atoms with Crippen molar-refractivity contribution >= 4 is 45.6 Å². The Hall–Kier alpha value is -3.25. The molecular formula is C22H21N3O2S. The van der Waals surface area contributed by atoms with Gasteiger partial charge in [-0.05, 0) is 46.2 Å². The zero-order valence-corrected chi connectivity index (χ0v) is 16.3. The first-order chi connectivity index (χ1) is 13.5. The summed E-state index contributed by atoms with van der Waals surface area (Å²) in [5, 5.41) is 10.7. The smallest absolute Gasteiger partial charge is 0.230 e. The standard InChI is InChI=1S/C22H21N3O2S/c1-23-20(26)13-15-9-11-18(12-10-15)24-22(28)25-21(27)14-17-7-4-6-16-5-2-3-8-19(16)17/h2-12H,13-14H2,1H3,(H,23,26)(H2,24,25,27,28). The van der Waals surface area contributed by atoms with Crippen LogP contribution in [0.2, 0.25) is 0 Å². The second kappa shape index (κ2) is 9.10. The predicted molar refractivity (Wildman–Crippen MR) is 116 cm³/mol. The van der Waals surface area contributed by atoms with Crippen LogP contribution in [0, 0.1) is 0 Å². The summed E-state index contributed by atoms with van der Waals surface area (Å²) < 4.78 is 0. The second-order valence-corrected chi connectivity index (χ2v) is 6.77. The van der Waals surface area contributed by atoms with Crippen molar-refractivity contribution in [1.82, 2.24) is 10.6 Å². The van der Waals surface area contributed by atoms with Crippen LogP contribution < -0.4 is 16.0 Å². The van der Waals surface area contributed by atoms with Crippen molar-refractivity contribution in [1.29, 1.82) is 0 Å². The summed E-state index contributed by atoms with van der Waals surface area (Å²) >= 11 is 5.24. The molecule has 0 unspecified atom stereocenters. The number of carbonyl (C=O) groups is 2. The van der Waals surface area contributed by atoms with Crippen molar-refractivity contribution in [3.05, 3.63) is 77.9 Å². The van der Waals surface area contributed by atoms with Gasteiger partial charge in [0.25, 0.3) is 0 Å². The van der Waals surface area contributed by atoms with Crippen molar-refractivity contribution in [3.8, 4) is 0 Å². The van der Waals surface area contributed by atoms with Gasteiger partial charge in [0, 0.05) is 12.7 Å². The summed E-state index contributed by atoms with van der Waals surface area (Å²) in [4.78, 5) is 23.8. The Morgan fingerprint density at radius 1 is 0.857 bits per heavy atom. The normalized spacial score (nSPS) is 10.3. The summed E-state index contributed by atoms with van der Waals surface area (Å²) in [5.41, 5.74) is 2.60. The number of amides is 2.